The minimum Gasteiger partial charge on any atom is -0.473 e. The van der Waals surface area contributed by atoms with Gasteiger partial charge in [0.2, 0.25) is 0 Å². The number of hydrogen-bond donors (Lipinski definition) is 2. The van der Waals surface area contributed by atoms with E-state index in [0.717, 1.165) is 11.4 Å². The number of rotatable bonds is 8. The highest BCUT2D eigenvalue weighted by molar-refractivity contribution is 6.28. The standard InChI is InChI=1S/C22H32N2O5/c1-22(23,16-29-21(27)20(25)26)14-13-18-12-11-17(24(18)2)8-6-7-15-28-19-9-4-3-5-10-19/h11-12,19H,3-5,7,9-10,13-16,23H2,1-2H3,(H,25,26)/t22-/m1/s1. The number of ether oxygens (including phenoxy) is 2. The number of aromatic nitrogens is 1. The van der Waals surface area contributed by atoms with E-state index in [2.05, 4.69) is 11.8 Å². The Labute approximate surface area is 172 Å². The van der Waals surface area contributed by atoms with Gasteiger partial charge in [0.1, 0.15) is 6.61 Å². The van der Waals surface area contributed by atoms with E-state index in [-0.39, 0.29) is 6.61 Å². The molecule has 1 saturated carbocycles. The summed E-state index contributed by atoms with van der Waals surface area (Å²) in [6.45, 7) is 2.27. The number of carboxylic acid groups (broad SMARTS) is 1. The number of carbonyl (C=O) groups is 2. The molecule has 2 rings (SSSR count). The van der Waals surface area contributed by atoms with Crippen LogP contribution in [0.5, 0.6) is 0 Å². The van der Waals surface area contributed by atoms with Crippen molar-refractivity contribution in [3.8, 4) is 11.8 Å². The molecule has 0 saturated heterocycles. The lowest BCUT2D eigenvalue weighted by atomic mass is 9.97. The number of nitrogens with two attached hydrogens (primary N) is 1. The number of carbonyl (C=O) groups excluding carboxylic acids is 1. The van der Waals surface area contributed by atoms with Gasteiger partial charge in [-0.2, -0.15) is 0 Å². The molecule has 1 heterocycles. The fourth-order valence-electron chi connectivity index (χ4n) is 3.37. The first-order chi connectivity index (χ1) is 13.8. The predicted octanol–water partition coefficient (Wildman–Crippen LogP) is 2.39. The highest BCUT2D eigenvalue weighted by Gasteiger charge is 2.23. The summed E-state index contributed by atoms with van der Waals surface area (Å²) >= 11 is 0. The quantitative estimate of drug-likeness (QED) is 0.298. The summed E-state index contributed by atoms with van der Waals surface area (Å²) in [7, 11) is 1.95. The molecule has 0 aromatic carbocycles. The Morgan fingerprint density at radius 3 is 2.72 bits per heavy atom. The first-order valence-electron chi connectivity index (χ1n) is 10.2. The Hall–Kier alpha value is -2.30. The van der Waals surface area contributed by atoms with Crippen molar-refractivity contribution < 1.29 is 24.2 Å². The molecule has 0 radical (unpaired) electrons. The molecular formula is C22H32N2O5. The minimum atomic E-state index is -1.62. The van der Waals surface area contributed by atoms with Crippen LogP contribution in [-0.2, 0) is 32.5 Å². The van der Waals surface area contributed by atoms with E-state index >= 15 is 0 Å². The van der Waals surface area contributed by atoms with Gasteiger partial charge in [-0.25, -0.2) is 9.59 Å². The molecule has 7 heteroatoms. The number of aliphatic carboxylic acids is 1. The molecule has 0 unspecified atom stereocenters. The van der Waals surface area contributed by atoms with E-state index < -0.39 is 17.5 Å². The van der Waals surface area contributed by atoms with Crippen LogP contribution in [0.1, 0.15) is 63.3 Å². The highest BCUT2D eigenvalue weighted by Crippen LogP contribution is 2.20. The van der Waals surface area contributed by atoms with Crippen molar-refractivity contribution >= 4 is 11.9 Å². The Morgan fingerprint density at radius 1 is 1.31 bits per heavy atom. The van der Waals surface area contributed by atoms with Crippen molar-refractivity contribution in [3.63, 3.8) is 0 Å². The van der Waals surface area contributed by atoms with Gasteiger partial charge in [0, 0.05) is 24.7 Å². The molecule has 7 nitrogen and oxygen atoms in total. The Kier molecular flexibility index (Phi) is 8.74. The first kappa shape index (κ1) is 23.0. The molecular weight excluding hydrogens is 372 g/mol. The van der Waals surface area contributed by atoms with E-state index in [1.54, 1.807) is 6.92 Å². The van der Waals surface area contributed by atoms with Gasteiger partial charge < -0.3 is 24.9 Å². The number of esters is 1. The van der Waals surface area contributed by atoms with Crippen LogP contribution in [-0.4, -0.2) is 46.5 Å². The Balaban J connectivity index is 1.76. The van der Waals surface area contributed by atoms with Crippen LogP contribution in [0, 0.1) is 11.8 Å². The van der Waals surface area contributed by atoms with Crippen LogP contribution in [0.4, 0.5) is 0 Å². The van der Waals surface area contributed by atoms with E-state index in [9.17, 15) is 9.59 Å². The predicted molar refractivity (Wildman–Crippen MR) is 109 cm³/mol. The van der Waals surface area contributed by atoms with E-state index in [4.69, 9.17) is 20.3 Å². The highest BCUT2D eigenvalue weighted by atomic mass is 16.6. The maximum atomic E-state index is 11.1. The zero-order valence-electron chi connectivity index (χ0n) is 17.4. The molecule has 29 heavy (non-hydrogen) atoms. The summed E-state index contributed by atoms with van der Waals surface area (Å²) in [5, 5.41) is 8.56. The fraction of sp³-hybridized carbons (Fsp3) is 0.636. The molecule has 1 fully saturated rings. The summed E-state index contributed by atoms with van der Waals surface area (Å²) < 4.78 is 12.6. The lowest BCUT2D eigenvalue weighted by molar-refractivity contribution is -0.164. The van der Waals surface area contributed by atoms with Crippen molar-refractivity contribution in [1.29, 1.82) is 0 Å². The van der Waals surface area contributed by atoms with Gasteiger partial charge in [-0.15, -0.1) is 0 Å². The average Bonchev–Trinajstić information content (AvgIpc) is 3.05. The summed E-state index contributed by atoms with van der Waals surface area (Å²) in [6.07, 6.45) is 8.54. The Bertz CT molecular complexity index is 751. The van der Waals surface area contributed by atoms with E-state index in [1.165, 1.54) is 32.1 Å². The molecule has 1 aliphatic carbocycles. The Morgan fingerprint density at radius 2 is 2.03 bits per heavy atom. The molecule has 1 aromatic rings. The third kappa shape index (κ3) is 7.92. The second kappa shape index (κ2) is 11.0. The van der Waals surface area contributed by atoms with Crippen molar-refractivity contribution in [3.05, 3.63) is 23.5 Å². The second-order valence-electron chi connectivity index (χ2n) is 7.99. The zero-order valence-corrected chi connectivity index (χ0v) is 17.4. The molecule has 1 aromatic heterocycles. The lowest BCUT2D eigenvalue weighted by Crippen LogP contribution is -2.43. The average molecular weight is 405 g/mol. The molecule has 0 bridgehead atoms. The van der Waals surface area contributed by atoms with Gasteiger partial charge in [0.15, 0.2) is 0 Å². The molecule has 1 aliphatic rings. The molecule has 160 valence electrons. The zero-order chi connectivity index (χ0) is 21.3. The summed E-state index contributed by atoms with van der Waals surface area (Å²) in [6, 6.07) is 3.98. The largest absolute Gasteiger partial charge is 0.473 e. The van der Waals surface area contributed by atoms with Crippen molar-refractivity contribution in [1.82, 2.24) is 4.57 Å². The van der Waals surface area contributed by atoms with Gasteiger partial charge in [-0.3, -0.25) is 0 Å². The second-order valence-corrected chi connectivity index (χ2v) is 7.99. The van der Waals surface area contributed by atoms with Gasteiger partial charge in [-0.1, -0.05) is 25.2 Å². The maximum Gasteiger partial charge on any atom is 0.417 e. The molecule has 0 amide bonds. The summed E-state index contributed by atoms with van der Waals surface area (Å²) in [5.41, 5.74) is 7.30. The van der Waals surface area contributed by atoms with Gasteiger partial charge in [0.25, 0.3) is 0 Å². The van der Waals surface area contributed by atoms with Crippen LogP contribution in [0.3, 0.4) is 0 Å². The maximum absolute atomic E-state index is 11.1. The van der Waals surface area contributed by atoms with Gasteiger partial charge in [0.05, 0.1) is 18.4 Å². The van der Waals surface area contributed by atoms with Gasteiger partial charge in [-0.05, 0) is 50.7 Å². The number of carboxylic acids is 1. The normalized spacial score (nSPS) is 16.5. The van der Waals surface area contributed by atoms with Crippen molar-refractivity contribution in [2.75, 3.05) is 13.2 Å². The SMILES string of the molecule is Cn1c(C#CCCOC2CCCCC2)ccc1CC[C@@](C)(N)COC(=O)C(=O)O. The molecule has 0 spiro atoms. The van der Waals surface area contributed by atoms with E-state index in [0.29, 0.717) is 32.0 Å². The van der Waals surface area contributed by atoms with Crippen LogP contribution in [0.15, 0.2) is 12.1 Å². The summed E-state index contributed by atoms with van der Waals surface area (Å²) in [5.74, 6) is 3.46. The van der Waals surface area contributed by atoms with Crippen LogP contribution >= 0.6 is 0 Å². The van der Waals surface area contributed by atoms with Crippen LogP contribution in [0.25, 0.3) is 0 Å². The van der Waals surface area contributed by atoms with Crippen LogP contribution < -0.4 is 5.73 Å². The summed E-state index contributed by atoms with van der Waals surface area (Å²) in [4.78, 5) is 21.6. The number of hydrogen-bond acceptors (Lipinski definition) is 5. The minimum absolute atomic E-state index is 0.143. The lowest BCUT2D eigenvalue weighted by Gasteiger charge is -2.23. The topological polar surface area (TPSA) is 104 Å². The van der Waals surface area contributed by atoms with Crippen molar-refractivity contribution in [2.24, 2.45) is 12.8 Å². The third-order valence-electron chi connectivity index (χ3n) is 5.23. The first-order valence-corrected chi connectivity index (χ1v) is 10.2. The van der Waals surface area contributed by atoms with Crippen molar-refractivity contribution in [2.45, 2.75) is 69.9 Å². The molecule has 0 aliphatic heterocycles. The number of nitrogens with zero attached hydrogens (tertiary/aromatic N) is 1. The van der Waals surface area contributed by atoms with Gasteiger partial charge >= 0.3 is 11.9 Å². The van der Waals surface area contributed by atoms with Crippen LogP contribution in [0.2, 0.25) is 0 Å². The molecule has 1 atom stereocenters. The number of aryl methyl sites for hydroxylation is 1. The molecule has 3 N–H and O–H groups in total. The fourth-order valence-corrected chi connectivity index (χ4v) is 3.37. The van der Waals surface area contributed by atoms with E-state index in [1.807, 2.05) is 23.7 Å². The third-order valence-corrected chi connectivity index (χ3v) is 5.23. The smallest absolute Gasteiger partial charge is 0.417 e. The monoisotopic (exact) mass is 404 g/mol.